The van der Waals surface area contributed by atoms with Crippen molar-refractivity contribution in [2.24, 2.45) is 0 Å². The van der Waals surface area contributed by atoms with Gasteiger partial charge in [-0.1, -0.05) is 12.1 Å². The van der Waals surface area contributed by atoms with Gasteiger partial charge < -0.3 is 19.3 Å². The average molecular weight is 438 g/mol. The minimum Gasteiger partial charge on any atom is -0.492 e. The number of aryl methyl sites for hydroxylation is 1. The maximum absolute atomic E-state index is 5.82. The van der Waals surface area contributed by atoms with Gasteiger partial charge in [0.2, 0.25) is 0 Å². The van der Waals surface area contributed by atoms with Crippen molar-refractivity contribution in [2.45, 2.75) is 20.4 Å². The number of aromatic nitrogens is 4. The summed E-state index contributed by atoms with van der Waals surface area (Å²) in [6.45, 7) is 12.5. The number of nitrogens with zero attached hydrogens (tertiary/aromatic N) is 7. The molecule has 0 amide bonds. The molecule has 2 saturated heterocycles. The molecule has 5 rings (SSSR count). The number of fused-ring (bicyclic) bond motifs is 1. The van der Waals surface area contributed by atoms with Crippen LogP contribution in [0.15, 0.2) is 30.3 Å². The molecule has 0 radical (unpaired) electrons. The largest absolute Gasteiger partial charge is 0.492 e. The summed E-state index contributed by atoms with van der Waals surface area (Å²) in [5.74, 6) is 3.50. The second-order valence-corrected chi connectivity index (χ2v) is 8.26. The predicted octanol–water partition coefficient (Wildman–Crippen LogP) is 1.99. The fourth-order valence-corrected chi connectivity index (χ4v) is 4.44. The lowest BCUT2D eigenvalue weighted by molar-refractivity contribution is 0.122. The Morgan fingerprint density at radius 1 is 0.969 bits per heavy atom. The maximum Gasteiger partial charge on any atom is 0.254 e. The highest BCUT2D eigenvalue weighted by molar-refractivity contribution is 5.58. The number of benzene rings is 1. The SMILES string of the molecule is CCOc1ccccc1N1CCN(Cc2nc3nc(C)cc(N4CCOCC4)n3n2)CC1. The van der Waals surface area contributed by atoms with Crippen molar-refractivity contribution in [3.8, 4) is 5.75 Å². The summed E-state index contributed by atoms with van der Waals surface area (Å²) in [6, 6.07) is 10.4. The summed E-state index contributed by atoms with van der Waals surface area (Å²) in [6.07, 6.45) is 0. The average Bonchev–Trinajstić information content (AvgIpc) is 3.22. The zero-order valence-electron chi connectivity index (χ0n) is 18.9. The van der Waals surface area contributed by atoms with E-state index in [-0.39, 0.29) is 0 Å². The first kappa shape index (κ1) is 21.0. The van der Waals surface area contributed by atoms with Gasteiger partial charge in [-0.05, 0) is 26.0 Å². The number of ether oxygens (including phenoxy) is 2. The van der Waals surface area contributed by atoms with Crippen molar-refractivity contribution in [2.75, 3.05) is 68.9 Å². The third-order valence-electron chi connectivity index (χ3n) is 6.04. The van der Waals surface area contributed by atoms with Crippen molar-refractivity contribution in [1.82, 2.24) is 24.5 Å². The molecule has 0 aliphatic carbocycles. The first-order valence-electron chi connectivity index (χ1n) is 11.5. The van der Waals surface area contributed by atoms with Crippen LogP contribution < -0.4 is 14.5 Å². The normalized spacial score (nSPS) is 17.8. The molecule has 2 aliphatic rings. The zero-order chi connectivity index (χ0) is 21.9. The van der Waals surface area contributed by atoms with E-state index >= 15 is 0 Å². The molecular formula is C23H31N7O2. The Morgan fingerprint density at radius 2 is 1.75 bits per heavy atom. The van der Waals surface area contributed by atoms with Gasteiger partial charge in [0.25, 0.3) is 5.78 Å². The number of rotatable bonds is 6. The molecule has 2 aliphatic heterocycles. The van der Waals surface area contributed by atoms with Crippen LogP contribution in [-0.4, -0.2) is 83.6 Å². The fraction of sp³-hybridized carbons (Fsp3) is 0.522. The van der Waals surface area contributed by atoms with Crippen LogP contribution in [0.5, 0.6) is 5.75 Å². The van der Waals surface area contributed by atoms with Crippen LogP contribution >= 0.6 is 0 Å². The summed E-state index contributed by atoms with van der Waals surface area (Å²) in [7, 11) is 0. The first-order valence-corrected chi connectivity index (χ1v) is 11.5. The second-order valence-electron chi connectivity index (χ2n) is 8.26. The molecule has 9 nitrogen and oxygen atoms in total. The summed E-state index contributed by atoms with van der Waals surface area (Å²) in [5, 5.41) is 4.82. The summed E-state index contributed by atoms with van der Waals surface area (Å²) in [5.41, 5.74) is 2.13. The van der Waals surface area contributed by atoms with E-state index in [2.05, 4.69) is 37.9 Å². The minimum atomic E-state index is 0.672. The fourth-order valence-electron chi connectivity index (χ4n) is 4.44. The van der Waals surface area contributed by atoms with Gasteiger partial charge in [-0.3, -0.25) is 4.90 Å². The first-order chi connectivity index (χ1) is 15.7. The molecule has 1 aromatic carbocycles. The van der Waals surface area contributed by atoms with Crippen molar-refractivity contribution < 1.29 is 9.47 Å². The molecule has 0 N–H and O–H groups in total. The Balaban J connectivity index is 1.28. The van der Waals surface area contributed by atoms with Gasteiger partial charge in [0.15, 0.2) is 5.82 Å². The predicted molar refractivity (Wildman–Crippen MR) is 124 cm³/mol. The number of hydrogen-bond acceptors (Lipinski definition) is 8. The van der Waals surface area contributed by atoms with Crippen LogP contribution in [0.4, 0.5) is 11.5 Å². The Kier molecular flexibility index (Phi) is 6.09. The molecule has 2 fully saturated rings. The van der Waals surface area contributed by atoms with E-state index in [1.54, 1.807) is 0 Å². The van der Waals surface area contributed by atoms with Gasteiger partial charge in [-0.25, -0.2) is 4.98 Å². The van der Waals surface area contributed by atoms with Crippen LogP contribution in [0.2, 0.25) is 0 Å². The smallest absolute Gasteiger partial charge is 0.254 e. The number of piperazine rings is 1. The van der Waals surface area contributed by atoms with Crippen molar-refractivity contribution in [3.05, 3.63) is 41.9 Å². The van der Waals surface area contributed by atoms with Gasteiger partial charge in [0.1, 0.15) is 11.6 Å². The molecule has 32 heavy (non-hydrogen) atoms. The van der Waals surface area contributed by atoms with Gasteiger partial charge in [-0.15, -0.1) is 5.10 Å². The van der Waals surface area contributed by atoms with E-state index in [9.17, 15) is 0 Å². The number of anilines is 2. The van der Waals surface area contributed by atoms with E-state index < -0.39 is 0 Å². The van der Waals surface area contributed by atoms with Gasteiger partial charge >= 0.3 is 0 Å². The maximum atomic E-state index is 5.82. The third kappa shape index (κ3) is 4.35. The quantitative estimate of drug-likeness (QED) is 0.580. The van der Waals surface area contributed by atoms with Crippen LogP contribution in [0.3, 0.4) is 0 Å². The van der Waals surface area contributed by atoms with Crippen LogP contribution in [0, 0.1) is 6.92 Å². The number of para-hydroxylation sites is 2. The Labute approximate surface area is 188 Å². The topological polar surface area (TPSA) is 71.3 Å². The Hall–Kier alpha value is -2.91. The van der Waals surface area contributed by atoms with Crippen LogP contribution in [0.1, 0.15) is 18.4 Å². The van der Waals surface area contributed by atoms with Crippen molar-refractivity contribution in [3.63, 3.8) is 0 Å². The lowest BCUT2D eigenvalue weighted by Gasteiger charge is -2.36. The van der Waals surface area contributed by atoms with E-state index in [0.29, 0.717) is 12.4 Å². The molecule has 3 aromatic rings. The van der Waals surface area contributed by atoms with Crippen molar-refractivity contribution in [1.29, 1.82) is 0 Å². The molecule has 2 aromatic heterocycles. The van der Waals surface area contributed by atoms with E-state index in [1.165, 1.54) is 5.69 Å². The molecule has 0 bridgehead atoms. The Bertz CT molecular complexity index is 1060. The molecule has 0 atom stereocenters. The van der Waals surface area contributed by atoms with Crippen LogP contribution in [0.25, 0.3) is 5.78 Å². The molecule has 4 heterocycles. The van der Waals surface area contributed by atoms with Gasteiger partial charge in [0, 0.05) is 51.0 Å². The highest BCUT2D eigenvalue weighted by Crippen LogP contribution is 2.29. The van der Waals surface area contributed by atoms with Gasteiger partial charge in [0.05, 0.1) is 32.1 Å². The zero-order valence-corrected chi connectivity index (χ0v) is 18.9. The molecule has 0 unspecified atom stereocenters. The minimum absolute atomic E-state index is 0.672. The molecule has 0 spiro atoms. The lowest BCUT2D eigenvalue weighted by atomic mass is 10.2. The Morgan fingerprint density at radius 3 is 2.53 bits per heavy atom. The van der Waals surface area contributed by atoms with Crippen molar-refractivity contribution >= 4 is 17.3 Å². The highest BCUT2D eigenvalue weighted by atomic mass is 16.5. The highest BCUT2D eigenvalue weighted by Gasteiger charge is 2.22. The lowest BCUT2D eigenvalue weighted by Crippen LogP contribution is -2.46. The molecule has 0 saturated carbocycles. The van der Waals surface area contributed by atoms with E-state index in [0.717, 1.165) is 82.1 Å². The van der Waals surface area contributed by atoms with Gasteiger partial charge in [-0.2, -0.15) is 9.50 Å². The second kappa shape index (κ2) is 9.30. The summed E-state index contributed by atoms with van der Waals surface area (Å²) >= 11 is 0. The van der Waals surface area contributed by atoms with E-state index in [4.69, 9.17) is 19.6 Å². The van der Waals surface area contributed by atoms with E-state index in [1.807, 2.05) is 30.5 Å². The molecule has 9 heteroatoms. The molecule has 170 valence electrons. The summed E-state index contributed by atoms with van der Waals surface area (Å²) < 4.78 is 13.2. The standard InChI is InChI=1S/C23H31N7O2/c1-3-32-20-7-5-4-6-19(20)28-10-8-27(9-11-28)17-21-25-23-24-18(2)16-22(30(23)26-21)29-12-14-31-15-13-29/h4-7,16H,3,8-15,17H2,1-2H3. The van der Waals surface area contributed by atoms with Crippen LogP contribution in [-0.2, 0) is 11.3 Å². The molecular weight excluding hydrogens is 406 g/mol. The monoisotopic (exact) mass is 437 g/mol. The summed E-state index contributed by atoms with van der Waals surface area (Å²) in [4.78, 5) is 16.5. The third-order valence-corrected chi connectivity index (χ3v) is 6.04. The number of morpholine rings is 1. The number of hydrogen-bond donors (Lipinski definition) is 0.